The average molecular weight is 270 g/mol. The van der Waals surface area contributed by atoms with Gasteiger partial charge in [0.15, 0.2) is 5.78 Å². The molecule has 0 aliphatic heterocycles. The first-order chi connectivity index (χ1) is 8.86. The van der Waals surface area contributed by atoms with Crippen LogP contribution in [-0.2, 0) is 9.53 Å². The number of hydrogen-bond acceptors (Lipinski definition) is 6. The number of halogens is 1. The summed E-state index contributed by atoms with van der Waals surface area (Å²) < 4.78 is 17.4. The van der Waals surface area contributed by atoms with Crippen molar-refractivity contribution in [3.05, 3.63) is 39.7 Å². The van der Waals surface area contributed by atoms with Crippen LogP contribution in [0.3, 0.4) is 0 Å². The summed E-state index contributed by atoms with van der Waals surface area (Å²) >= 11 is 0. The van der Waals surface area contributed by atoms with Crippen LogP contribution < -0.4 is 5.73 Å². The van der Waals surface area contributed by atoms with Gasteiger partial charge in [-0.1, -0.05) is 0 Å². The van der Waals surface area contributed by atoms with E-state index in [1.165, 1.54) is 0 Å². The van der Waals surface area contributed by atoms with Gasteiger partial charge >= 0.3 is 11.7 Å². The minimum Gasteiger partial charge on any atom is -0.469 e. The number of nitrogens with two attached hydrogens (primary N) is 1. The Morgan fingerprint density at radius 3 is 2.68 bits per heavy atom. The molecule has 0 aliphatic rings. The lowest BCUT2D eigenvalue weighted by Gasteiger charge is -2.09. The second-order valence-electron chi connectivity index (χ2n) is 3.67. The number of nitro benzene ring substituents is 1. The van der Waals surface area contributed by atoms with Gasteiger partial charge in [0.1, 0.15) is 0 Å². The second kappa shape index (κ2) is 6.01. The summed E-state index contributed by atoms with van der Waals surface area (Å²) in [7, 11) is 1.14. The number of ether oxygens (including phenoxy) is 1. The minimum atomic E-state index is -1.20. The van der Waals surface area contributed by atoms with E-state index in [9.17, 15) is 24.1 Å². The van der Waals surface area contributed by atoms with Crippen molar-refractivity contribution in [2.75, 3.05) is 7.11 Å². The molecule has 102 valence electrons. The largest absolute Gasteiger partial charge is 0.469 e. The van der Waals surface area contributed by atoms with Crippen LogP contribution in [0.5, 0.6) is 0 Å². The fraction of sp³-hybridized carbons (Fsp3) is 0.273. The number of rotatable bonds is 5. The van der Waals surface area contributed by atoms with Crippen LogP contribution in [0.1, 0.15) is 16.8 Å². The van der Waals surface area contributed by atoms with Crippen molar-refractivity contribution in [2.24, 2.45) is 5.73 Å². The number of methoxy groups -OCH3 is 1. The van der Waals surface area contributed by atoms with Crippen molar-refractivity contribution >= 4 is 17.4 Å². The van der Waals surface area contributed by atoms with E-state index in [2.05, 4.69) is 4.74 Å². The van der Waals surface area contributed by atoms with Crippen LogP contribution in [0.15, 0.2) is 18.2 Å². The van der Waals surface area contributed by atoms with Crippen LogP contribution in [0.25, 0.3) is 0 Å². The van der Waals surface area contributed by atoms with Crippen LogP contribution in [0.2, 0.25) is 0 Å². The van der Waals surface area contributed by atoms with Gasteiger partial charge in [-0.25, -0.2) is 0 Å². The first kappa shape index (κ1) is 14.7. The molecule has 0 radical (unpaired) electrons. The molecule has 0 bridgehead atoms. The normalized spacial score (nSPS) is 11.7. The molecule has 1 atom stereocenters. The van der Waals surface area contributed by atoms with Gasteiger partial charge in [0.25, 0.3) is 0 Å². The van der Waals surface area contributed by atoms with Gasteiger partial charge < -0.3 is 10.5 Å². The lowest BCUT2D eigenvalue weighted by atomic mass is 10.0. The highest BCUT2D eigenvalue weighted by Crippen LogP contribution is 2.19. The average Bonchev–Trinajstić information content (AvgIpc) is 2.37. The molecule has 19 heavy (non-hydrogen) atoms. The Labute approximate surface area is 107 Å². The summed E-state index contributed by atoms with van der Waals surface area (Å²) in [6, 6.07) is 1.46. The zero-order valence-electron chi connectivity index (χ0n) is 9.96. The number of carbonyl (C=O) groups excluding carboxylic acids is 2. The molecule has 0 saturated carbocycles. The van der Waals surface area contributed by atoms with Gasteiger partial charge in [-0.05, 0) is 12.1 Å². The molecule has 0 amide bonds. The number of benzene rings is 1. The molecule has 0 aromatic heterocycles. The van der Waals surface area contributed by atoms with Crippen LogP contribution in [0.4, 0.5) is 10.1 Å². The first-order valence-electron chi connectivity index (χ1n) is 5.17. The van der Waals surface area contributed by atoms with E-state index in [4.69, 9.17) is 5.73 Å². The molecule has 0 spiro atoms. The summed E-state index contributed by atoms with van der Waals surface area (Å²) in [6.45, 7) is 0. The zero-order chi connectivity index (χ0) is 14.6. The third kappa shape index (κ3) is 3.55. The minimum absolute atomic E-state index is 0.135. The molecule has 1 aromatic rings. The Bertz CT molecular complexity index is 532. The van der Waals surface area contributed by atoms with Crippen molar-refractivity contribution in [3.63, 3.8) is 0 Å². The summed E-state index contributed by atoms with van der Waals surface area (Å²) in [5.41, 5.74) is 4.52. The predicted molar refractivity (Wildman–Crippen MR) is 62.0 cm³/mol. The molecular formula is C11H11FN2O5. The Hall–Kier alpha value is -2.35. The third-order valence-corrected chi connectivity index (χ3v) is 2.38. The highest BCUT2D eigenvalue weighted by Gasteiger charge is 2.23. The van der Waals surface area contributed by atoms with E-state index in [0.29, 0.717) is 0 Å². The van der Waals surface area contributed by atoms with Crippen molar-refractivity contribution in [2.45, 2.75) is 12.5 Å². The van der Waals surface area contributed by atoms with Crippen molar-refractivity contribution in [3.8, 4) is 0 Å². The maximum atomic E-state index is 13.1. The summed E-state index contributed by atoms with van der Waals surface area (Å²) in [5, 5.41) is 10.5. The molecule has 0 heterocycles. The second-order valence-corrected chi connectivity index (χ2v) is 3.67. The first-order valence-corrected chi connectivity index (χ1v) is 5.17. The van der Waals surface area contributed by atoms with Gasteiger partial charge in [0.05, 0.1) is 24.5 Å². The van der Waals surface area contributed by atoms with E-state index >= 15 is 0 Å². The van der Waals surface area contributed by atoms with Crippen LogP contribution in [0, 0.1) is 15.9 Å². The van der Waals surface area contributed by atoms with E-state index in [0.717, 1.165) is 25.3 Å². The maximum Gasteiger partial charge on any atom is 0.307 e. The quantitative estimate of drug-likeness (QED) is 0.366. The summed E-state index contributed by atoms with van der Waals surface area (Å²) in [5.74, 6) is -2.44. The molecule has 8 heteroatoms. The monoisotopic (exact) mass is 270 g/mol. The standard InChI is InChI=1S/C11H11FN2O5/c1-19-10(15)5-8(13)11(16)6-2-3-7(12)9(4-6)14(17)18/h2-4,8H,5,13H2,1H3. The van der Waals surface area contributed by atoms with Crippen molar-refractivity contribution in [1.29, 1.82) is 0 Å². The lowest BCUT2D eigenvalue weighted by molar-refractivity contribution is -0.387. The van der Waals surface area contributed by atoms with Crippen LogP contribution >= 0.6 is 0 Å². The number of nitrogens with zero attached hydrogens (tertiary/aromatic N) is 1. The SMILES string of the molecule is COC(=O)CC(N)C(=O)c1ccc(F)c([N+](=O)[O-])c1. The Balaban J connectivity index is 2.97. The number of carbonyl (C=O) groups is 2. The molecule has 2 N–H and O–H groups in total. The lowest BCUT2D eigenvalue weighted by Crippen LogP contribution is -2.33. The van der Waals surface area contributed by atoms with E-state index < -0.39 is 34.2 Å². The van der Waals surface area contributed by atoms with Crippen LogP contribution in [-0.4, -0.2) is 29.8 Å². The van der Waals surface area contributed by atoms with Gasteiger partial charge in [-0.2, -0.15) is 4.39 Å². The van der Waals surface area contributed by atoms with Crippen molar-refractivity contribution in [1.82, 2.24) is 0 Å². The molecule has 1 unspecified atom stereocenters. The molecule has 0 aliphatic carbocycles. The number of esters is 1. The molecule has 1 aromatic carbocycles. The number of hydrogen-bond donors (Lipinski definition) is 1. The molecular weight excluding hydrogens is 259 g/mol. The fourth-order valence-corrected chi connectivity index (χ4v) is 1.38. The Morgan fingerprint density at radius 2 is 2.16 bits per heavy atom. The number of ketones is 1. The van der Waals surface area contributed by atoms with E-state index in [-0.39, 0.29) is 12.0 Å². The van der Waals surface area contributed by atoms with Gasteiger partial charge in [-0.15, -0.1) is 0 Å². The third-order valence-electron chi connectivity index (χ3n) is 2.38. The zero-order valence-corrected chi connectivity index (χ0v) is 9.96. The fourth-order valence-electron chi connectivity index (χ4n) is 1.38. The highest BCUT2D eigenvalue weighted by molar-refractivity contribution is 6.02. The smallest absolute Gasteiger partial charge is 0.307 e. The molecule has 0 fully saturated rings. The Kier molecular flexibility index (Phi) is 4.65. The van der Waals surface area contributed by atoms with Crippen molar-refractivity contribution < 1.29 is 23.6 Å². The van der Waals surface area contributed by atoms with Gasteiger partial charge in [0.2, 0.25) is 5.82 Å². The molecule has 7 nitrogen and oxygen atoms in total. The van der Waals surface area contributed by atoms with E-state index in [1.807, 2.05) is 0 Å². The topological polar surface area (TPSA) is 113 Å². The molecule has 0 saturated heterocycles. The summed E-state index contributed by atoms with van der Waals surface area (Å²) in [4.78, 5) is 32.4. The summed E-state index contributed by atoms with van der Waals surface area (Å²) in [6.07, 6.45) is -0.361. The van der Waals surface area contributed by atoms with Gasteiger partial charge in [0, 0.05) is 11.6 Å². The predicted octanol–water partition coefficient (Wildman–Crippen LogP) is 0.807. The highest BCUT2D eigenvalue weighted by atomic mass is 19.1. The van der Waals surface area contributed by atoms with E-state index in [1.54, 1.807) is 0 Å². The molecule has 1 rings (SSSR count). The Morgan fingerprint density at radius 1 is 1.53 bits per heavy atom. The number of nitro groups is 1. The van der Waals surface area contributed by atoms with Gasteiger partial charge in [-0.3, -0.25) is 19.7 Å². The number of Topliss-reactive ketones (excluding diaryl/α,β-unsaturated/α-hetero) is 1. The maximum absolute atomic E-state index is 13.1.